The first-order valence-corrected chi connectivity index (χ1v) is 8.66. The molecule has 0 radical (unpaired) electrons. The Bertz CT molecular complexity index is 198. The quantitative estimate of drug-likeness (QED) is 0.594. The molecule has 0 saturated carbocycles. The van der Waals surface area contributed by atoms with Crippen molar-refractivity contribution in [3.63, 3.8) is 0 Å². The summed E-state index contributed by atoms with van der Waals surface area (Å²) in [5.74, 6) is 1.12. The summed E-state index contributed by atoms with van der Waals surface area (Å²) in [5.41, 5.74) is 0. The molecule has 1 unspecified atom stereocenters. The Hall–Kier alpha value is -0.313. The first-order valence-electron chi connectivity index (χ1n) is 5.21. The molecule has 0 aromatic carbocycles. The van der Waals surface area contributed by atoms with Crippen LogP contribution < -0.4 is 0 Å². The van der Waals surface area contributed by atoms with Crippen molar-refractivity contribution in [2.45, 2.75) is 45.8 Å². The third-order valence-corrected chi connectivity index (χ3v) is 4.90. The third-order valence-electron chi connectivity index (χ3n) is 2.81. The van der Waals surface area contributed by atoms with Crippen LogP contribution in [0.15, 0.2) is 0 Å². The van der Waals surface area contributed by atoms with Gasteiger partial charge in [0, 0.05) is 13.0 Å². The van der Waals surface area contributed by atoms with E-state index in [0.29, 0.717) is 5.91 Å². The second-order valence-corrected chi connectivity index (χ2v) is 10.0. The molecule has 2 nitrogen and oxygen atoms in total. The molecular weight excluding hydrogens is 178 g/mol. The summed E-state index contributed by atoms with van der Waals surface area (Å²) < 4.78 is 2.16. The van der Waals surface area contributed by atoms with Crippen LogP contribution in [0.2, 0.25) is 19.6 Å². The van der Waals surface area contributed by atoms with Gasteiger partial charge in [-0.15, -0.1) is 0 Å². The summed E-state index contributed by atoms with van der Waals surface area (Å²) in [6, 6.07) is 0. The highest BCUT2D eigenvalue weighted by atomic mass is 28.3. The minimum atomic E-state index is -1.40. The Morgan fingerprint density at radius 2 is 1.92 bits per heavy atom. The Morgan fingerprint density at radius 1 is 1.31 bits per heavy atom. The zero-order valence-electron chi connectivity index (χ0n) is 9.26. The molecule has 0 aromatic rings. The van der Waals surface area contributed by atoms with Crippen molar-refractivity contribution in [1.29, 1.82) is 0 Å². The van der Waals surface area contributed by atoms with Crippen molar-refractivity contribution >= 4 is 14.1 Å². The lowest BCUT2D eigenvalue weighted by Gasteiger charge is -2.33. The molecule has 1 heterocycles. The number of carbonyl (C=O) groups excluding carboxylic acids is 1. The van der Waals surface area contributed by atoms with Crippen molar-refractivity contribution < 1.29 is 4.79 Å². The Morgan fingerprint density at radius 3 is 2.46 bits per heavy atom. The summed E-state index contributed by atoms with van der Waals surface area (Å²) in [6.07, 6.45) is 3.04. The largest absolute Gasteiger partial charge is 0.370 e. The molecule has 0 bridgehead atoms. The normalized spacial score (nSPS) is 26.0. The van der Waals surface area contributed by atoms with Gasteiger partial charge in [-0.2, -0.15) is 0 Å². The number of hydrogen-bond donors (Lipinski definition) is 0. The van der Waals surface area contributed by atoms with Crippen LogP contribution in [0, 0.1) is 5.92 Å². The Labute approximate surface area is 82.4 Å². The lowest BCUT2D eigenvalue weighted by atomic mass is 10.0. The van der Waals surface area contributed by atoms with E-state index in [1.165, 1.54) is 6.42 Å². The minimum absolute atomic E-state index is 0.392. The van der Waals surface area contributed by atoms with E-state index in [4.69, 9.17) is 0 Å². The van der Waals surface area contributed by atoms with Gasteiger partial charge in [0.25, 0.3) is 0 Å². The van der Waals surface area contributed by atoms with E-state index in [0.717, 1.165) is 25.3 Å². The summed E-state index contributed by atoms with van der Waals surface area (Å²) in [4.78, 5) is 11.8. The van der Waals surface area contributed by atoms with Gasteiger partial charge in [-0.1, -0.05) is 26.6 Å². The highest BCUT2D eigenvalue weighted by Gasteiger charge is 2.30. The van der Waals surface area contributed by atoms with Crippen molar-refractivity contribution in [2.24, 2.45) is 5.92 Å². The molecule has 3 heteroatoms. The lowest BCUT2D eigenvalue weighted by molar-refractivity contribution is -0.126. The molecule has 1 aliphatic rings. The van der Waals surface area contributed by atoms with Crippen molar-refractivity contribution in [2.75, 3.05) is 6.54 Å². The minimum Gasteiger partial charge on any atom is -0.370 e. The van der Waals surface area contributed by atoms with Crippen molar-refractivity contribution in [3.05, 3.63) is 0 Å². The summed E-state index contributed by atoms with van der Waals surface area (Å²) >= 11 is 0. The predicted octanol–water partition coefficient (Wildman–Crippen LogP) is 2.47. The molecular formula is C10H21NOSi. The maximum atomic E-state index is 11.8. The number of nitrogens with zero attached hydrogens (tertiary/aromatic N) is 1. The topological polar surface area (TPSA) is 20.3 Å². The third kappa shape index (κ3) is 2.83. The second kappa shape index (κ2) is 3.82. The van der Waals surface area contributed by atoms with Gasteiger partial charge < -0.3 is 4.57 Å². The van der Waals surface area contributed by atoms with Gasteiger partial charge >= 0.3 is 0 Å². The molecule has 0 N–H and O–H groups in total. The van der Waals surface area contributed by atoms with Crippen LogP contribution in [0.1, 0.15) is 26.2 Å². The molecule has 1 amide bonds. The van der Waals surface area contributed by atoms with Gasteiger partial charge in [-0.3, -0.25) is 4.79 Å². The number of rotatable bonds is 1. The average molecular weight is 199 g/mol. The number of hydrogen-bond acceptors (Lipinski definition) is 1. The van der Waals surface area contributed by atoms with Gasteiger partial charge in [0.1, 0.15) is 0 Å². The van der Waals surface area contributed by atoms with Gasteiger partial charge in [0.05, 0.1) is 0 Å². The standard InChI is InChI=1S/C10H21NOSi/c1-9-5-6-10(12)11(8-7-9)13(2,3)4/h9H,5-8H2,1-4H3. The molecule has 1 fully saturated rings. The molecule has 0 spiro atoms. The molecule has 13 heavy (non-hydrogen) atoms. The van der Waals surface area contributed by atoms with Gasteiger partial charge in [-0.25, -0.2) is 0 Å². The zero-order chi connectivity index (χ0) is 10.1. The summed E-state index contributed by atoms with van der Waals surface area (Å²) in [5, 5.41) is 0. The van der Waals surface area contributed by atoms with E-state index >= 15 is 0 Å². The van der Waals surface area contributed by atoms with Crippen LogP contribution in [0.4, 0.5) is 0 Å². The fourth-order valence-electron chi connectivity index (χ4n) is 1.83. The molecule has 1 aliphatic heterocycles. The molecule has 1 atom stereocenters. The molecule has 76 valence electrons. The van der Waals surface area contributed by atoms with Crippen LogP contribution in [0.5, 0.6) is 0 Å². The van der Waals surface area contributed by atoms with Crippen LogP contribution in [0.25, 0.3) is 0 Å². The van der Waals surface area contributed by atoms with Gasteiger partial charge in [0.2, 0.25) is 5.91 Å². The second-order valence-electron chi connectivity index (χ2n) is 5.15. The van der Waals surface area contributed by atoms with Crippen LogP contribution in [-0.4, -0.2) is 25.3 Å². The highest BCUT2D eigenvalue weighted by Crippen LogP contribution is 2.21. The van der Waals surface area contributed by atoms with Crippen molar-refractivity contribution in [3.8, 4) is 0 Å². The number of carbonyl (C=O) groups is 1. The molecule has 1 saturated heterocycles. The highest BCUT2D eigenvalue weighted by molar-refractivity contribution is 6.75. The first-order chi connectivity index (χ1) is 5.91. The zero-order valence-corrected chi connectivity index (χ0v) is 10.3. The summed E-state index contributed by atoms with van der Waals surface area (Å²) in [6.45, 7) is 10.00. The van der Waals surface area contributed by atoms with E-state index in [1.807, 2.05) is 0 Å². The molecule has 0 aliphatic carbocycles. The smallest absolute Gasteiger partial charge is 0.214 e. The van der Waals surface area contributed by atoms with Crippen molar-refractivity contribution in [1.82, 2.24) is 4.57 Å². The Kier molecular flexibility index (Phi) is 3.17. The first kappa shape index (κ1) is 10.8. The predicted molar refractivity (Wildman–Crippen MR) is 58.1 cm³/mol. The van der Waals surface area contributed by atoms with E-state index in [1.54, 1.807) is 0 Å². The van der Waals surface area contributed by atoms with E-state index in [9.17, 15) is 4.79 Å². The maximum absolute atomic E-state index is 11.8. The molecule has 0 aromatic heterocycles. The van der Waals surface area contributed by atoms with E-state index in [-0.39, 0.29) is 0 Å². The Balaban J connectivity index is 2.68. The van der Waals surface area contributed by atoms with Gasteiger partial charge in [0.15, 0.2) is 8.24 Å². The van der Waals surface area contributed by atoms with E-state index in [2.05, 4.69) is 31.1 Å². The van der Waals surface area contributed by atoms with E-state index < -0.39 is 8.24 Å². The fraction of sp³-hybridized carbons (Fsp3) is 0.900. The monoisotopic (exact) mass is 199 g/mol. The summed E-state index contributed by atoms with van der Waals surface area (Å²) in [7, 11) is -1.40. The van der Waals surface area contributed by atoms with Crippen LogP contribution in [-0.2, 0) is 4.79 Å². The van der Waals surface area contributed by atoms with Crippen LogP contribution in [0.3, 0.4) is 0 Å². The van der Waals surface area contributed by atoms with Gasteiger partial charge in [-0.05, 0) is 18.8 Å². The fourth-order valence-corrected chi connectivity index (χ4v) is 3.49. The SMILES string of the molecule is CC1CCC(=O)N([Si](C)(C)C)CC1. The maximum Gasteiger partial charge on any atom is 0.214 e. The van der Waals surface area contributed by atoms with Crippen LogP contribution >= 0.6 is 0 Å². The number of amides is 1. The molecule has 1 rings (SSSR count). The lowest BCUT2D eigenvalue weighted by Crippen LogP contribution is -2.49. The average Bonchev–Trinajstić information content (AvgIpc) is 2.12.